The molecule has 0 aliphatic rings. The molecule has 0 fully saturated rings. The number of carbonyl (C=O) groups is 4. The lowest BCUT2D eigenvalue weighted by Crippen LogP contribution is -2.27. The average molecular weight is 525 g/mol. The zero-order valence-corrected chi connectivity index (χ0v) is 20.6. The normalized spacial score (nSPS) is 10.4. The topological polar surface area (TPSA) is 157 Å². The van der Waals surface area contributed by atoms with Gasteiger partial charge in [0.1, 0.15) is 11.5 Å². The molecule has 0 spiro atoms. The van der Waals surface area contributed by atoms with Crippen molar-refractivity contribution in [3.8, 4) is 11.5 Å². The van der Waals surface area contributed by atoms with Gasteiger partial charge in [0.2, 0.25) is 0 Å². The van der Waals surface area contributed by atoms with Gasteiger partial charge in [0.25, 0.3) is 23.6 Å². The summed E-state index contributed by atoms with van der Waals surface area (Å²) in [7, 11) is 2.79. The lowest BCUT2D eigenvalue weighted by atomic mass is 10.1. The van der Waals surface area contributed by atoms with Crippen molar-refractivity contribution in [3.63, 3.8) is 0 Å². The van der Waals surface area contributed by atoms with Crippen molar-refractivity contribution in [2.45, 2.75) is 19.3 Å². The molecule has 2 aromatic rings. The minimum absolute atomic E-state index is 0.103. The van der Waals surface area contributed by atoms with E-state index in [0.717, 1.165) is 0 Å². The highest BCUT2D eigenvalue weighted by atomic mass is 35.5. The van der Waals surface area contributed by atoms with Crippen molar-refractivity contribution < 1.29 is 29.4 Å². The van der Waals surface area contributed by atoms with Crippen LogP contribution in [0, 0.1) is 0 Å². The molecule has 0 saturated heterocycles. The van der Waals surface area contributed by atoms with Crippen molar-refractivity contribution in [3.05, 3.63) is 56.6 Å². The Morgan fingerprint density at radius 2 is 0.943 bits per heavy atom. The Kier molecular flexibility index (Phi) is 10.2. The molecule has 0 radical (unpaired) electrons. The summed E-state index contributed by atoms with van der Waals surface area (Å²) in [5, 5.41) is 30.8. The van der Waals surface area contributed by atoms with E-state index in [4.69, 9.17) is 23.2 Å². The van der Waals surface area contributed by atoms with Gasteiger partial charge >= 0.3 is 0 Å². The second-order valence-electron chi connectivity index (χ2n) is 7.43. The van der Waals surface area contributed by atoms with Crippen LogP contribution in [0.1, 0.15) is 60.7 Å². The fourth-order valence-electron chi connectivity index (χ4n) is 3.18. The maximum Gasteiger partial charge on any atom is 0.255 e. The van der Waals surface area contributed by atoms with Gasteiger partial charge in [0.05, 0.1) is 22.3 Å². The van der Waals surface area contributed by atoms with Crippen LogP contribution in [-0.4, -0.2) is 61.0 Å². The van der Waals surface area contributed by atoms with E-state index in [-0.39, 0.29) is 32.3 Å². The minimum Gasteiger partial charge on any atom is -0.506 e. The Morgan fingerprint density at radius 1 is 0.629 bits per heavy atom. The molecule has 0 saturated carbocycles. The zero-order valence-electron chi connectivity index (χ0n) is 19.1. The summed E-state index contributed by atoms with van der Waals surface area (Å²) in [5.41, 5.74) is -0.426. The van der Waals surface area contributed by atoms with E-state index < -0.39 is 35.1 Å². The van der Waals surface area contributed by atoms with E-state index in [1.807, 2.05) is 0 Å². The highest BCUT2D eigenvalue weighted by Crippen LogP contribution is 2.28. The molecular weight excluding hydrogens is 499 g/mol. The molecule has 12 heteroatoms. The average Bonchev–Trinajstić information content (AvgIpc) is 2.84. The molecule has 4 amide bonds. The predicted octanol–water partition coefficient (Wildman–Crippen LogP) is 2.45. The number of amides is 4. The number of halogens is 2. The van der Waals surface area contributed by atoms with E-state index in [0.29, 0.717) is 32.4 Å². The number of hydrogen-bond acceptors (Lipinski definition) is 6. The summed E-state index contributed by atoms with van der Waals surface area (Å²) in [5.74, 6) is -3.22. The van der Waals surface area contributed by atoms with E-state index in [1.165, 1.54) is 38.4 Å². The van der Waals surface area contributed by atoms with Crippen LogP contribution >= 0.6 is 23.2 Å². The van der Waals surface area contributed by atoms with Gasteiger partial charge in [-0.2, -0.15) is 0 Å². The first-order valence-corrected chi connectivity index (χ1v) is 11.4. The van der Waals surface area contributed by atoms with Crippen LogP contribution in [-0.2, 0) is 0 Å². The van der Waals surface area contributed by atoms with Crippen LogP contribution in [0.5, 0.6) is 11.5 Å². The second-order valence-corrected chi connectivity index (χ2v) is 8.30. The molecule has 0 unspecified atom stereocenters. The molecule has 0 aliphatic heterocycles. The number of nitrogens with one attached hydrogen (secondary N) is 4. The fraction of sp³-hybridized carbons (Fsp3) is 0.304. The van der Waals surface area contributed by atoms with Crippen LogP contribution in [0.25, 0.3) is 0 Å². The second kappa shape index (κ2) is 12.8. The molecule has 2 aromatic carbocycles. The van der Waals surface area contributed by atoms with Crippen LogP contribution in [0.15, 0.2) is 24.3 Å². The fourth-order valence-corrected chi connectivity index (χ4v) is 3.62. The van der Waals surface area contributed by atoms with E-state index in [1.54, 1.807) is 0 Å². The summed E-state index contributed by atoms with van der Waals surface area (Å²) >= 11 is 11.9. The van der Waals surface area contributed by atoms with E-state index >= 15 is 0 Å². The summed E-state index contributed by atoms with van der Waals surface area (Å²) in [6.45, 7) is 0.581. The smallest absolute Gasteiger partial charge is 0.255 e. The minimum atomic E-state index is -0.577. The summed E-state index contributed by atoms with van der Waals surface area (Å²) in [4.78, 5) is 48.4. The van der Waals surface area contributed by atoms with Gasteiger partial charge in [-0.15, -0.1) is 0 Å². The lowest BCUT2D eigenvalue weighted by molar-refractivity contribution is 0.0937. The summed E-state index contributed by atoms with van der Waals surface area (Å²) < 4.78 is 0. The Morgan fingerprint density at radius 3 is 1.26 bits per heavy atom. The van der Waals surface area contributed by atoms with Gasteiger partial charge in [-0.1, -0.05) is 23.2 Å². The largest absolute Gasteiger partial charge is 0.506 e. The number of rotatable bonds is 10. The molecule has 0 bridgehead atoms. The molecule has 35 heavy (non-hydrogen) atoms. The van der Waals surface area contributed by atoms with Gasteiger partial charge in [0, 0.05) is 37.2 Å². The Hall–Kier alpha value is -3.50. The number of benzene rings is 2. The SMILES string of the molecule is CNC(=O)c1cc(Cl)cc(C(=O)NCCCCCNC(=O)c2cc(Cl)cc(C(=O)NC)c2O)c1O. The summed E-state index contributed by atoms with van der Waals surface area (Å²) in [6.07, 6.45) is 1.81. The van der Waals surface area contributed by atoms with Crippen LogP contribution < -0.4 is 21.3 Å². The quantitative estimate of drug-likeness (QED) is 0.262. The maximum atomic E-state index is 12.4. The number of phenols is 2. The lowest BCUT2D eigenvalue weighted by Gasteiger charge is -2.11. The zero-order chi connectivity index (χ0) is 26.1. The first-order valence-electron chi connectivity index (χ1n) is 10.7. The predicted molar refractivity (Wildman–Crippen MR) is 132 cm³/mol. The third-order valence-electron chi connectivity index (χ3n) is 5.01. The number of hydrogen-bond donors (Lipinski definition) is 6. The molecular formula is C23H26Cl2N4O6. The van der Waals surface area contributed by atoms with Gasteiger partial charge in [-0.25, -0.2) is 0 Å². The van der Waals surface area contributed by atoms with Gasteiger partial charge in [-0.05, 0) is 43.5 Å². The monoisotopic (exact) mass is 524 g/mol. The van der Waals surface area contributed by atoms with Crippen LogP contribution in [0.3, 0.4) is 0 Å². The maximum absolute atomic E-state index is 12.4. The van der Waals surface area contributed by atoms with Crippen LogP contribution in [0.4, 0.5) is 0 Å². The molecule has 0 atom stereocenters. The van der Waals surface area contributed by atoms with Crippen molar-refractivity contribution >= 4 is 46.8 Å². The first-order chi connectivity index (χ1) is 16.6. The van der Waals surface area contributed by atoms with Gasteiger partial charge < -0.3 is 31.5 Å². The van der Waals surface area contributed by atoms with Crippen molar-refractivity contribution in [2.75, 3.05) is 27.2 Å². The standard InChI is InChI=1S/C23H26Cl2N4O6/c1-26-20(32)14-8-12(24)10-16(18(14)30)22(34)28-6-4-3-5-7-29-23(35)17-11-13(25)9-15(19(17)31)21(33)27-2/h8-11,30-31H,3-7H2,1-2H3,(H,26,32)(H,27,33)(H,28,34)(H,29,35). The van der Waals surface area contributed by atoms with Crippen molar-refractivity contribution in [1.29, 1.82) is 0 Å². The number of phenolic OH excluding ortho intramolecular Hbond substituents is 2. The Balaban J connectivity index is 1.81. The van der Waals surface area contributed by atoms with Crippen molar-refractivity contribution in [2.24, 2.45) is 0 Å². The van der Waals surface area contributed by atoms with Crippen molar-refractivity contribution in [1.82, 2.24) is 21.3 Å². The third-order valence-corrected chi connectivity index (χ3v) is 5.44. The highest BCUT2D eigenvalue weighted by Gasteiger charge is 2.20. The molecule has 0 aromatic heterocycles. The molecule has 2 rings (SSSR count). The van der Waals surface area contributed by atoms with Crippen LogP contribution in [0.2, 0.25) is 10.0 Å². The van der Waals surface area contributed by atoms with E-state index in [2.05, 4.69) is 21.3 Å². The molecule has 0 heterocycles. The number of aromatic hydroxyl groups is 2. The molecule has 10 nitrogen and oxygen atoms in total. The molecule has 188 valence electrons. The molecule has 0 aliphatic carbocycles. The molecule has 6 N–H and O–H groups in total. The number of carbonyl (C=O) groups excluding carboxylic acids is 4. The van der Waals surface area contributed by atoms with E-state index in [9.17, 15) is 29.4 Å². The Bertz CT molecular complexity index is 1050. The van der Waals surface area contributed by atoms with Gasteiger partial charge in [0.15, 0.2) is 0 Å². The number of unbranched alkanes of at least 4 members (excludes halogenated alkanes) is 2. The highest BCUT2D eigenvalue weighted by molar-refractivity contribution is 6.32. The third kappa shape index (κ3) is 7.24. The van der Waals surface area contributed by atoms with Gasteiger partial charge in [-0.3, -0.25) is 19.2 Å². The Labute approximate surface area is 212 Å². The first kappa shape index (κ1) is 27.7. The summed E-state index contributed by atoms with van der Waals surface area (Å²) in [6, 6.07) is 5.08.